The second-order valence-corrected chi connectivity index (χ2v) is 4.59. The fourth-order valence-corrected chi connectivity index (χ4v) is 2.06. The van der Waals surface area contributed by atoms with E-state index < -0.39 is 28.8 Å². The molecule has 0 spiro atoms. The molecule has 0 radical (unpaired) electrons. The summed E-state index contributed by atoms with van der Waals surface area (Å²) < 4.78 is 64.5. The Labute approximate surface area is 116 Å². The summed E-state index contributed by atoms with van der Waals surface area (Å²) in [5.41, 5.74) is -1.05. The van der Waals surface area contributed by atoms with Crippen molar-refractivity contribution in [1.82, 2.24) is 0 Å². The maximum atomic E-state index is 13.6. The molecule has 2 aromatic carbocycles. The molecule has 20 heavy (non-hydrogen) atoms. The van der Waals surface area contributed by atoms with Gasteiger partial charge in [0, 0.05) is 5.56 Å². The molecule has 106 valence electrons. The summed E-state index contributed by atoms with van der Waals surface area (Å²) in [6.45, 7) is 0. The first kappa shape index (κ1) is 14.8. The molecule has 0 fully saturated rings. The summed E-state index contributed by atoms with van der Waals surface area (Å²) in [5, 5.41) is -1.20. The summed E-state index contributed by atoms with van der Waals surface area (Å²) in [6, 6.07) is 6.87. The lowest BCUT2D eigenvalue weighted by Crippen LogP contribution is -2.06. The van der Waals surface area contributed by atoms with E-state index in [-0.39, 0.29) is 11.1 Å². The Balaban J connectivity index is 2.43. The highest BCUT2D eigenvalue weighted by molar-refractivity contribution is 6.22. The van der Waals surface area contributed by atoms with Crippen LogP contribution in [0.3, 0.4) is 0 Å². The topological polar surface area (TPSA) is 0 Å². The molecule has 2 rings (SSSR count). The Hall–Kier alpha value is -1.62. The Morgan fingerprint density at radius 3 is 2.30 bits per heavy atom. The van der Waals surface area contributed by atoms with Gasteiger partial charge in [0.15, 0.2) is 0 Å². The number of alkyl halides is 4. The molecule has 0 N–H and O–H groups in total. The predicted octanol–water partition coefficient (Wildman–Crippen LogP) is 5.31. The van der Waals surface area contributed by atoms with Crippen molar-refractivity contribution in [3.05, 3.63) is 70.8 Å². The van der Waals surface area contributed by atoms with E-state index in [9.17, 15) is 22.0 Å². The summed E-state index contributed by atoms with van der Waals surface area (Å²) in [7, 11) is 0. The van der Waals surface area contributed by atoms with Gasteiger partial charge in [-0.2, -0.15) is 13.2 Å². The van der Waals surface area contributed by atoms with Crippen molar-refractivity contribution in [1.29, 1.82) is 0 Å². The van der Waals surface area contributed by atoms with Crippen LogP contribution in [-0.2, 0) is 6.18 Å². The molecule has 6 heteroatoms. The van der Waals surface area contributed by atoms with Gasteiger partial charge in [0.1, 0.15) is 11.6 Å². The Morgan fingerprint density at radius 2 is 1.65 bits per heavy atom. The third kappa shape index (κ3) is 3.10. The van der Waals surface area contributed by atoms with Gasteiger partial charge in [0.2, 0.25) is 0 Å². The number of hydrogen-bond donors (Lipinski definition) is 0. The highest BCUT2D eigenvalue weighted by Gasteiger charge is 2.31. The van der Waals surface area contributed by atoms with Crippen LogP contribution >= 0.6 is 11.6 Å². The van der Waals surface area contributed by atoms with Crippen LogP contribution in [0.25, 0.3) is 0 Å². The Morgan fingerprint density at radius 1 is 0.950 bits per heavy atom. The first-order valence-electron chi connectivity index (χ1n) is 5.55. The van der Waals surface area contributed by atoms with Gasteiger partial charge in [-0.05, 0) is 35.9 Å². The van der Waals surface area contributed by atoms with Crippen LogP contribution in [0, 0.1) is 11.6 Å². The van der Waals surface area contributed by atoms with E-state index in [1.54, 1.807) is 0 Å². The van der Waals surface area contributed by atoms with Gasteiger partial charge in [-0.25, -0.2) is 8.78 Å². The van der Waals surface area contributed by atoms with Crippen molar-refractivity contribution in [2.24, 2.45) is 0 Å². The van der Waals surface area contributed by atoms with Crippen molar-refractivity contribution < 1.29 is 22.0 Å². The van der Waals surface area contributed by atoms with Crippen LogP contribution in [0.4, 0.5) is 22.0 Å². The summed E-state index contributed by atoms with van der Waals surface area (Å²) >= 11 is 5.96. The third-order valence-electron chi connectivity index (χ3n) is 2.74. The molecule has 0 aliphatic carbocycles. The molecule has 1 atom stereocenters. The highest BCUT2D eigenvalue weighted by Crippen LogP contribution is 2.35. The normalized spacial score (nSPS) is 13.3. The summed E-state index contributed by atoms with van der Waals surface area (Å²) in [5.74, 6) is -1.48. The molecule has 0 aliphatic heterocycles. The maximum absolute atomic E-state index is 13.6. The largest absolute Gasteiger partial charge is 0.416 e. The minimum absolute atomic E-state index is 0.0472. The minimum Gasteiger partial charge on any atom is -0.207 e. The number of halogens is 6. The molecular formula is C14H8ClF5. The lowest BCUT2D eigenvalue weighted by atomic mass is 10.0. The molecule has 0 nitrogen and oxygen atoms in total. The first-order valence-corrected chi connectivity index (χ1v) is 5.99. The van der Waals surface area contributed by atoms with E-state index in [0.29, 0.717) is 0 Å². The van der Waals surface area contributed by atoms with Gasteiger partial charge in [-0.1, -0.05) is 12.1 Å². The first-order chi connectivity index (χ1) is 9.29. The lowest BCUT2D eigenvalue weighted by Gasteiger charge is -2.14. The zero-order valence-electron chi connectivity index (χ0n) is 9.89. The molecule has 0 aliphatic rings. The molecule has 0 saturated heterocycles. The summed E-state index contributed by atoms with van der Waals surface area (Å²) in [4.78, 5) is 0. The average Bonchev–Trinajstić information content (AvgIpc) is 2.40. The van der Waals surface area contributed by atoms with Crippen LogP contribution in [0.1, 0.15) is 22.1 Å². The summed E-state index contributed by atoms with van der Waals surface area (Å²) in [6.07, 6.45) is -4.52. The van der Waals surface area contributed by atoms with E-state index in [4.69, 9.17) is 11.6 Å². The van der Waals surface area contributed by atoms with E-state index in [0.717, 1.165) is 30.3 Å². The van der Waals surface area contributed by atoms with Crippen LogP contribution in [0.5, 0.6) is 0 Å². The van der Waals surface area contributed by atoms with E-state index >= 15 is 0 Å². The maximum Gasteiger partial charge on any atom is 0.416 e. The van der Waals surface area contributed by atoms with Gasteiger partial charge in [-0.3, -0.25) is 0 Å². The second kappa shape index (κ2) is 5.40. The molecule has 0 amide bonds. The lowest BCUT2D eigenvalue weighted by molar-refractivity contribution is -0.137. The number of benzene rings is 2. The van der Waals surface area contributed by atoms with Crippen molar-refractivity contribution in [3.63, 3.8) is 0 Å². The van der Waals surface area contributed by atoms with Crippen LogP contribution in [-0.4, -0.2) is 0 Å². The smallest absolute Gasteiger partial charge is 0.207 e. The van der Waals surface area contributed by atoms with Crippen LogP contribution in [0.15, 0.2) is 42.5 Å². The van der Waals surface area contributed by atoms with E-state index in [2.05, 4.69) is 0 Å². The quantitative estimate of drug-likeness (QED) is 0.521. The Bertz CT molecular complexity index is 621. The predicted molar refractivity (Wildman–Crippen MR) is 65.5 cm³/mol. The number of hydrogen-bond acceptors (Lipinski definition) is 0. The fourth-order valence-electron chi connectivity index (χ4n) is 1.76. The third-order valence-corrected chi connectivity index (χ3v) is 3.22. The SMILES string of the molecule is Fc1ccc(F)c(C(Cl)c2cccc(C(F)(F)F)c2)c1. The van der Waals surface area contributed by atoms with Crippen molar-refractivity contribution in [3.8, 4) is 0 Å². The van der Waals surface area contributed by atoms with Crippen molar-refractivity contribution in [2.45, 2.75) is 11.6 Å². The minimum atomic E-state index is -4.52. The zero-order valence-corrected chi connectivity index (χ0v) is 10.6. The molecular weight excluding hydrogens is 299 g/mol. The van der Waals surface area contributed by atoms with Gasteiger partial charge in [-0.15, -0.1) is 11.6 Å². The zero-order chi connectivity index (χ0) is 14.9. The van der Waals surface area contributed by atoms with Gasteiger partial charge in [0.05, 0.1) is 10.9 Å². The molecule has 0 bridgehead atoms. The van der Waals surface area contributed by atoms with Gasteiger partial charge >= 0.3 is 6.18 Å². The molecule has 0 aromatic heterocycles. The fraction of sp³-hybridized carbons (Fsp3) is 0.143. The monoisotopic (exact) mass is 306 g/mol. The van der Waals surface area contributed by atoms with Crippen molar-refractivity contribution in [2.75, 3.05) is 0 Å². The van der Waals surface area contributed by atoms with Gasteiger partial charge < -0.3 is 0 Å². The molecule has 0 heterocycles. The molecule has 1 unspecified atom stereocenters. The molecule has 0 saturated carbocycles. The van der Waals surface area contributed by atoms with Gasteiger partial charge in [0.25, 0.3) is 0 Å². The number of rotatable bonds is 2. The van der Waals surface area contributed by atoms with E-state index in [1.807, 2.05) is 0 Å². The second-order valence-electron chi connectivity index (χ2n) is 4.15. The van der Waals surface area contributed by atoms with E-state index in [1.165, 1.54) is 12.1 Å². The average molecular weight is 307 g/mol. The Kier molecular flexibility index (Phi) is 3.99. The molecule has 2 aromatic rings. The van der Waals surface area contributed by atoms with Crippen LogP contribution in [0.2, 0.25) is 0 Å². The standard InChI is InChI=1S/C14H8ClF5/c15-13(11-7-10(16)4-5-12(11)17)8-2-1-3-9(6-8)14(18,19)20/h1-7,13H. The highest BCUT2D eigenvalue weighted by atomic mass is 35.5. The van der Waals surface area contributed by atoms with Crippen LogP contribution < -0.4 is 0 Å². The van der Waals surface area contributed by atoms with Crippen molar-refractivity contribution >= 4 is 11.6 Å².